The summed E-state index contributed by atoms with van der Waals surface area (Å²) in [5.41, 5.74) is -0.426. The summed E-state index contributed by atoms with van der Waals surface area (Å²) >= 11 is 0. The summed E-state index contributed by atoms with van der Waals surface area (Å²) in [6.07, 6.45) is 4.67. The van der Waals surface area contributed by atoms with E-state index in [9.17, 15) is 9.46 Å². The molecule has 0 aromatic rings. The summed E-state index contributed by atoms with van der Waals surface area (Å²) in [5.74, 6) is 1.64. The first kappa shape index (κ1) is 19.0. The van der Waals surface area contributed by atoms with E-state index in [1.807, 2.05) is 0 Å². The van der Waals surface area contributed by atoms with Crippen molar-refractivity contribution in [3.8, 4) is 0 Å². The molecule has 114 valence electrons. The Morgan fingerprint density at radius 2 is 1.37 bits per heavy atom. The lowest BCUT2D eigenvalue weighted by atomic mass is 9.81. The van der Waals surface area contributed by atoms with Crippen LogP contribution < -0.4 is 0 Å². The van der Waals surface area contributed by atoms with Crippen LogP contribution in [-0.2, 0) is 9.09 Å². The Labute approximate surface area is 120 Å². The molecule has 4 heteroatoms. The summed E-state index contributed by atoms with van der Waals surface area (Å²) in [6, 6.07) is 0. The fraction of sp³-hybridized carbons (Fsp3) is 1.00. The minimum absolute atomic E-state index is 0.426. The molecule has 1 unspecified atom stereocenters. The Bertz CT molecular complexity index is 250. The molecule has 1 atom stereocenters. The Kier molecular flexibility index (Phi) is 9.06. The van der Waals surface area contributed by atoms with Crippen LogP contribution >= 0.6 is 8.25 Å². The van der Waals surface area contributed by atoms with Crippen LogP contribution in [0.25, 0.3) is 0 Å². The van der Waals surface area contributed by atoms with Crippen LogP contribution in [0.3, 0.4) is 0 Å². The summed E-state index contributed by atoms with van der Waals surface area (Å²) in [6.45, 7) is 13.0. The minimum Gasteiger partial charge on any atom is -0.133 e. The molecule has 0 fully saturated rings. The van der Waals surface area contributed by atoms with Crippen molar-refractivity contribution in [2.24, 2.45) is 17.8 Å². The lowest BCUT2D eigenvalue weighted by Crippen LogP contribution is -2.33. The lowest BCUT2D eigenvalue weighted by molar-refractivity contribution is 0.0175. The van der Waals surface area contributed by atoms with E-state index in [0.29, 0.717) is 17.8 Å². The van der Waals surface area contributed by atoms with Crippen molar-refractivity contribution in [2.75, 3.05) is 0 Å². The van der Waals surface area contributed by atoms with E-state index in [4.69, 9.17) is 4.52 Å². The normalized spacial score (nSPS) is 13.7. The van der Waals surface area contributed by atoms with Gasteiger partial charge >= 0.3 is 8.25 Å². The average Bonchev–Trinajstić information content (AvgIpc) is 2.22. The molecule has 0 aromatic heterocycles. The molecule has 19 heavy (non-hydrogen) atoms. The first-order chi connectivity index (χ1) is 8.67. The molecule has 0 heterocycles. The van der Waals surface area contributed by atoms with Crippen molar-refractivity contribution >= 4 is 8.25 Å². The fourth-order valence-electron chi connectivity index (χ4n) is 2.47. The molecule has 0 aliphatic heterocycles. The van der Waals surface area contributed by atoms with E-state index in [0.717, 1.165) is 32.1 Å². The zero-order valence-electron chi connectivity index (χ0n) is 13.5. The zero-order chi connectivity index (χ0) is 15.1. The Morgan fingerprint density at radius 3 is 1.63 bits per heavy atom. The summed E-state index contributed by atoms with van der Waals surface area (Å²) < 4.78 is 16.7. The van der Waals surface area contributed by atoms with Crippen molar-refractivity contribution in [3.63, 3.8) is 0 Å². The monoisotopic (exact) mass is 291 g/mol. The molecule has 0 bridgehead atoms. The standard InChI is InChI=1S/C15H31O3P/c1-12(2)7-9-15(11-14(5)6,18-19(16)17)10-8-13(3)4/h12-14H,7-11H2,1-6H3/p+1. The van der Waals surface area contributed by atoms with Crippen molar-refractivity contribution in [1.29, 1.82) is 0 Å². The Morgan fingerprint density at radius 1 is 0.947 bits per heavy atom. The van der Waals surface area contributed by atoms with Gasteiger partial charge in [-0.05, 0) is 49.9 Å². The fourth-order valence-corrected chi connectivity index (χ4v) is 3.06. The first-order valence-electron chi connectivity index (χ1n) is 7.52. The van der Waals surface area contributed by atoms with Gasteiger partial charge in [0, 0.05) is 4.57 Å². The summed E-state index contributed by atoms with van der Waals surface area (Å²) in [5, 5.41) is 0. The summed E-state index contributed by atoms with van der Waals surface area (Å²) in [4.78, 5) is 9.22. The van der Waals surface area contributed by atoms with Gasteiger partial charge in [0.2, 0.25) is 0 Å². The van der Waals surface area contributed by atoms with E-state index in [2.05, 4.69) is 41.5 Å². The minimum atomic E-state index is -2.53. The maximum atomic E-state index is 11.2. The van der Waals surface area contributed by atoms with E-state index < -0.39 is 13.9 Å². The van der Waals surface area contributed by atoms with Crippen molar-refractivity contribution in [3.05, 3.63) is 0 Å². The van der Waals surface area contributed by atoms with Crippen molar-refractivity contribution in [1.82, 2.24) is 0 Å². The van der Waals surface area contributed by atoms with Gasteiger partial charge in [0.15, 0.2) is 0 Å². The third-order valence-corrected chi connectivity index (χ3v) is 3.95. The lowest BCUT2D eigenvalue weighted by Gasteiger charge is -2.30. The van der Waals surface area contributed by atoms with Crippen molar-refractivity contribution < 1.29 is 14.0 Å². The number of rotatable bonds is 10. The molecule has 0 aliphatic carbocycles. The molecule has 0 amide bonds. The maximum Gasteiger partial charge on any atom is 0.695 e. The largest absolute Gasteiger partial charge is 0.695 e. The molecule has 0 saturated carbocycles. The second kappa shape index (κ2) is 9.05. The first-order valence-corrected chi connectivity index (χ1v) is 8.65. The second-order valence-corrected chi connectivity index (χ2v) is 7.63. The summed E-state index contributed by atoms with van der Waals surface area (Å²) in [7, 11) is -2.53. The molecule has 0 rings (SSSR count). The van der Waals surface area contributed by atoms with E-state index >= 15 is 0 Å². The van der Waals surface area contributed by atoms with Crippen LogP contribution in [0.1, 0.15) is 73.6 Å². The van der Waals surface area contributed by atoms with E-state index in [1.165, 1.54) is 0 Å². The molecule has 0 spiro atoms. The molecule has 0 saturated heterocycles. The second-order valence-electron chi connectivity index (χ2n) is 6.98. The van der Waals surface area contributed by atoms with Gasteiger partial charge in [-0.25, -0.2) is 0 Å². The predicted octanol–water partition coefficient (Wildman–Crippen LogP) is 5.31. The van der Waals surface area contributed by atoms with Gasteiger partial charge in [-0.3, -0.25) is 0 Å². The zero-order valence-corrected chi connectivity index (χ0v) is 14.4. The third kappa shape index (κ3) is 9.54. The molecular formula is C15H32O3P+. The smallest absolute Gasteiger partial charge is 0.133 e. The SMILES string of the molecule is CC(C)CCC(CCC(C)C)(CC(C)C)O[P+](=O)O. The van der Waals surface area contributed by atoms with Gasteiger partial charge < -0.3 is 0 Å². The van der Waals surface area contributed by atoms with Gasteiger partial charge in [-0.15, -0.1) is 9.42 Å². The van der Waals surface area contributed by atoms with Crippen LogP contribution in [0.15, 0.2) is 0 Å². The molecule has 3 nitrogen and oxygen atoms in total. The van der Waals surface area contributed by atoms with Crippen LogP contribution in [0.2, 0.25) is 0 Å². The topological polar surface area (TPSA) is 46.5 Å². The number of hydrogen-bond acceptors (Lipinski definition) is 2. The highest BCUT2D eigenvalue weighted by molar-refractivity contribution is 7.32. The molecular weight excluding hydrogens is 259 g/mol. The van der Waals surface area contributed by atoms with Crippen LogP contribution in [-0.4, -0.2) is 10.5 Å². The predicted molar refractivity (Wildman–Crippen MR) is 81.2 cm³/mol. The quantitative estimate of drug-likeness (QED) is 0.555. The van der Waals surface area contributed by atoms with Gasteiger partial charge in [-0.2, -0.15) is 0 Å². The van der Waals surface area contributed by atoms with Crippen molar-refractivity contribution in [2.45, 2.75) is 79.2 Å². The molecule has 0 aromatic carbocycles. The van der Waals surface area contributed by atoms with E-state index in [1.54, 1.807) is 0 Å². The van der Waals surface area contributed by atoms with Gasteiger partial charge in [0.1, 0.15) is 5.60 Å². The third-order valence-electron chi connectivity index (χ3n) is 3.41. The Balaban J connectivity index is 4.88. The molecule has 0 radical (unpaired) electrons. The highest BCUT2D eigenvalue weighted by Gasteiger charge is 2.40. The van der Waals surface area contributed by atoms with Crippen LogP contribution in [0.4, 0.5) is 0 Å². The van der Waals surface area contributed by atoms with Crippen LogP contribution in [0.5, 0.6) is 0 Å². The highest BCUT2D eigenvalue weighted by Crippen LogP contribution is 2.40. The van der Waals surface area contributed by atoms with Gasteiger partial charge in [-0.1, -0.05) is 41.5 Å². The molecule has 0 aliphatic rings. The van der Waals surface area contributed by atoms with Crippen LogP contribution in [0, 0.1) is 17.8 Å². The average molecular weight is 291 g/mol. The molecule has 1 N–H and O–H groups in total. The Hall–Kier alpha value is 0.0200. The van der Waals surface area contributed by atoms with Gasteiger partial charge in [0.05, 0.1) is 0 Å². The highest BCUT2D eigenvalue weighted by atomic mass is 31.1. The number of hydrogen-bond donors (Lipinski definition) is 1. The maximum absolute atomic E-state index is 11.2. The van der Waals surface area contributed by atoms with E-state index in [-0.39, 0.29) is 0 Å². The van der Waals surface area contributed by atoms with Gasteiger partial charge in [0.25, 0.3) is 0 Å².